The SMILES string of the molecule is O=C(COc1ccc(Cl)cc1)NC1C[C@@H]2CN(C(=O)COc3ccc(Cl)cc3)C[C@@H]12. The summed E-state index contributed by atoms with van der Waals surface area (Å²) in [7, 11) is 0. The topological polar surface area (TPSA) is 67.9 Å². The average molecular weight is 449 g/mol. The molecular formula is C22H22Cl2N2O4. The third-order valence-corrected chi connectivity index (χ3v) is 6.13. The Morgan fingerprint density at radius 2 is 1.47 bits per heavy atom. The molecule has 30 heavy (non-hydrogen) atoms. The Morgan fingerprint density at radius 3 is 2.07 bits per heavy atom. The molecule has 1 unspecified atom stereocenters. The van der Waals surface area contributed by atoms with E-state index in [1.54, 1.807) is 48.5 Å². The van der Waals surface area contributed by atoms with E-state index in [2.05, 4.69) is 5.32 Å². The monoisotopic (exact) mass is 448 g/mol. The lowest BCUT2D eigenvalue weighted by Gasteiger charge is -2.39. The number of ether oxygens (including phenoxy) is 2. The van der Waals surface area contributed by atoms with Gasteiger partial charge in [-0.2, -0.15) is 0 Å². The largest absolute Gasteiger partial charge is 0.484 e. The van der Waals surface area contributed by atoms with Crippen molar-refractivity contribution in [3.8, 4) is 11.5 Å². The molecule has 2 aromatic rings. The first-order chi connectivity index (χ1) is 14.5. The van der Waals surface area contributed by atoms with E-state index in [9.17, 15) is 9.59 Å². The molecule has 158 valence electrons. The van der Waals surface area contributed by atoms with Crippen molar-refractivity contribution in [3.63, 3.8) is 0 Å². The second kappa shape index (κ2) is 9.14. The van der Waals surface area contributed by atoms with Crippen LogP contribution in [0.1, 0.15) is 6.42 Å². The molecule has 6 nitrogen and oxygen atoms in total. The van der Waals surface area contributed by atoms with Gasteiger partial charge in [0.15, 0.2) is 13.2 Å². The van der Waals surface area contributed by atoms with Crippen LogP contribution < -0.4 is 14.8 Å². The zero-order valence-electron chi connectivity index (χ0n) is 16.2. The second-order valence-corrected chi connectivity index (χ2v) is 8.49. The average Bonchev–Trinajstić information content (AvgIpc) is 3.08. The van der Waals surface area contributed by atoms with E-state index in [-0.39, 0.29) is 37.0 Å². The lowest BCUT2D eigenvalue weighted by atomic mass is 9.71. The van der Waals surface area contributed by atoms with E-state index in [1.807, 2.05) is 4.90 Å². The van der Waals surface area contributed by atoms with E-state index >= 15 is 0 Å². The molecule has 1 aliphatic heterocycles. The van der Waals surface area contributed by atoms with Gasteiger partial charge in [-0.1, -0.05) is 23.2 Å². The minimum absolute atomic E-state index is 0.00691. The highest BCUT2D eigenvalue weighted by atomic mass is 35.5. The Labute approximate surface area is 185 Å². The van der Waals surface area contributed by atoms with Gasteiger partial charge in [0.05, 0.1) is 0 Å². The lowest BCUT2D eigenvalue weighted by molar-refractivity contribution is -0.132. The summed E-state index contributed by atoms with van der Waals surface area (Å²) >= 11 is 11.7. The van der Waals surface area contributed by atoms with E-state index < -0.39 is 0 Å². The van der Waals surface area contributed by atoms with Gasteiger partial charge in [0.25, 0.3) is 11.8 Å². The van der Waals surface area contributed by atoms with Gasteiger partial charge >= 0.3 is 0 Å². The molecule has 1 N–H and O–H groups in total. The standard InChI is InChI=1S/C22H22Cl2N2O4/c23-15-1-5-17(6-2-15)29-12-21(27)25-20-9-14-10-26(11-19(14)20)22(28)13-30-18-7-3-16(24)4-8-18/h1-8,14,19-20H,9-13H2,(H,25,27)/t14-,19-,20?/m1/s1. The molecule has 2 fully saturated rings. The number of hydrogen-bond donors (Lipinski definition) is 1. The summed E-state index contributed by atoms with van der Waals surface area (Å²) in [6.45, 7) is 1.29. The zero-order chi connectivity index (χ0) is 21.1. The predicted octanol–water partition coefficient (Wildman–Crippen LogP) is 3.41. The first kappa shape index (κ1) is 20.8. The van der Waals surface area contributed by atoms with Crippen LogP contribution in [0.3, 0.4) is 0 Å². The number of rotatable bonds is 7. The summed E-state index contributed by atoms with van der Waals surface area (Å²) in [5.41, 5.74) is 0. The summed E-state index contributed by atoms with van der Waals surface area (Å²) in [6, 6.07) is 13.9. The van der Waals surface area contributed by atoms with Gasteiger partial charge in [-0.05, 0) is 60.9 Å². The summed E-state index contributed by atoms with van der Waals surface area (Å²) in [6.07, 6.45) is 0.874. The molecule has 2 aromatic carbocycles. The fraction of sp³-hybridized carbons (Fsp3) is 0.364. The summed E-state index contributed by atoms with van der Waals surface area (Å²) < 4.78 is 11.0. The maximum Gasteiger partial charge on any atom is 0.260 e. The number of halogens is 2. The molecular weight excluding hydrogens is 427 g/mol. The number of hydrogen-bond acceptors (Lipinski definition) is 4. The summed E-state index contributed by atoms with van der Waals surface area (Å²) in [4.78, 5) is 26.5. The summed E-state index contributed by atoms with van der Waals surface area (Å²) in [5, 5.41) is 4.26. The van der Waals surface area contributed by atoms with Crippen LogP contribution in [0.15, 0.2) is 48.5 Å². The van der Waals surface area contributed by atoms with Crippen LogP contribution in [0, 0.1) is 11.8 Å². The maximum atomic E-state index is 12.5. The smallest absolute Gasteiger partial charge is 0.260 e. The molecule has 2 amide bonds. The highest BCUT2D eigenvalue weighted by Crippen LogP contribution is 2.40. The van der Waals surface area contributed by atoms with Crippen LogP contribution in [0.4, 0.5) is 0 Å². The third kappa shape index (κ3) is 4.99. The molecule has 0 spiro atoms. The molecule has 1 aliphatic carbocycles. The first-order valence-corrected chi connectivity index (χ1v) is 10.6. The molecule has 0 radical (unpaired) electrons. The number of fused-ring (bicyclic) bond motifs is 1. The maximum absolute atomic E-state index is 12.5. The molecule has 4 rings (SSSR count). The minimum Gasteiger partial charge on any atom is -0.484 e. The third-order valence-electron chi connectivity index (χ3n) is 5.62. The quantitative estimate of drug-likeness (QED) is 0.704. The molecule has 8 heteroatoms. The number of nitrogens with zero attached hydrogens (tertiary/aromatic N) is 1. The van der Waals surface area contributed by atoms with Gasteiger partial charge < -0.3 is 19.7 Å². The van der Waals surface area contributed by atoms with Crippen LogP contribution in [0.25, 0.3) is 0 Å². The molecule has 1 saturated heterocycles. The Balaban J connectivity index is 1.19. The van der Waals surface area contributed by atoms with Crippen molar-refractivity contribution < 1.29 is 19.1 Å². The Morgan fingerprint density at radius 1 is 0.900 bits per heavy atom. The Bertz CT molecular complexity index is 904. The number of likely N-dealkylation sites (tertiary alicyclic amines) is 1. The van der Waals surface area contributed by atoms with Crippen LogP contribution in [-0.2, 0) is 9.59 Å². The van der Waals surface area contributed by atoms with Crippen molar-refractivity contribution in [1.29, 1.82) is 0 Å². The number of benzene rings is 2. The predicted molar refractivity (Wildman–Crippen MR) is 114 cm³/mol. The van der Waals surface area contributed by atoms with E-state index in [1.165, 1.54) is 0 Å². The lowest BCUT2D eigenvalue weighted by Crippen LogP contribution is -2.53. The Kier molecular flexibility index (Phi) is 6.35. The molecule has 2 aliphatic rings. The molecule has 3 atom stereocenters. The van der Waals surface area contributed by atoms with Crippen molar-refractivity contribution in [1.82, 2.24) is 10.2 Å². The summed E-state index contributed by atoms with van der Waals surface area (Å²) in [5.74, 6) is 1.70. The first-order valence-electron chi connectivity index (χ1n) is 9.82. The van der Waals surface area contributed by atoms with Crippen LogP contribution >= 0.6 is 23.2 Å². The molecule has 1 heterocycles. The van der Waals surface area contributed by atoms with Gasteiger partial charge in [-0.3, -0.25) is 9.59 Å². The van der Waals surface area contributed by atoms with Gasteiger partial charge in [-0.15, -0.1) is 0 Å². The van der Waals surface area contributed by atoms with Gasteiger partial charge in [0, 0.05) is 35.1 Å². The van der Waals surface area contributed by atoms with Crippen molar-refractivity contribution >= 4 is 35.0 Å². The number of nitrogens with one attached hydrogen (secondary N) is 1. The van der Waals surface area contributed by atoms with Crippen molar-refractivity contribution in [2.45, 2.75) is 12.5 Å². The minimum atomic E-state index is -0.163. The van der Waals surface area contributed by atoms with E-state index in [0.29, 0.717) is 40.6 Å². The van der Waals surface area contributed by atoms with Crippen LogP contribution in [0.2, 0.25) is 10.0 Å². The van der Waals surface area contributed by atoms with Crippen molar-refractivity contribution in [2.24, 2.45) is 11.8 Å². The highest BCUT2D eigenvalue weighted by Gasteiger charge is 2.48. The van der Waals surface area contributed by atoms with Gasteiger partial charge in [-0.25, -0.2) is 0 Å². The second-order valence-electron chi connectivity index (χ2n) is 7.62. The number of amides is 2. The van der Waals surface area contributed by atoms with Crippen LogP contribution in [0.5, 0.6) is 11.5 Å². The normalized spacial score (nSPS) is 22.1. The van der Waals surface area contributed by atoms with Crippen molar-refractivity contribution in [3.05, 3.63) is 58.6 Å². The van der Waals surface area contributed by atoms with Gasteiger partial charge in [0.1, 0.15) is 11.5 Å². The fourth-order valence-electron chi connectivity index (χ4n) is 3.97. The van der Waals surface area contributed by atoms with E-state index in [0.717, 1.165) is 6.42 Å². The fourth-order valence-corrected chi connectivity index (χ4v) is 4.22. The molecule has 0 aromatic heterocycles. The molecule has 0 bridgehead atoms. The highest BCUT2D eigenvalue weighted by molar-refractivity contribution is 6.30. The van der Waals surface area contributed by atoms with Crippen LogP contribution in [-0.4, -0.2) is 49.1 Å². The molecule has 1 saturated carbocycles. The van der Waals surface area contributed by atoms with E-state index in [4.69, 9.17) is 32.7 Å². The van der Waals surface area contributed by atoms with Gasteiger partial charge in [0.2, 0.25) is 0 Å². The number of carbonyl (C=O) groups excluding carboxylic acids is 2. The Hall–Kier alpha value is -2.44. The zero-order valence-corrected chi connectivity index (χ0v) is 17.7. The van der Waals surface area contributed by atoms with Crippen molar-refractivity contribution in [2.75, 3.05) is 26.3 Å². The number of carbonyl (C=O) groups is 2.